The van der Waals surface area contributed by atoms with Crippen molar-refractivity contribution in [2.24, 2.45) is 5.73 Å². The van der Waals surface area contributed by atoms with E-state index < -0.39 is 11.6 Å². The van der Waals surface area contributed by atoms with Crippen LogP contribution in [0.3, 0.4) is 0 Å². The third-order valence-corrected chi connectivity index (χ3v) is 3.93. The molecule has 4 nitrogen and oxygen atoms in total. The van der Waals surface area contributed by atoms with Crippen molar-refractivity contribution in [1.82, 2.24) is 5.32 Å². The molecule has 0 heterocycles. The summed E-state index contributed by atoms with van der Waals surface area (Å²) in [7, 11) is 0. The second-order valence-electron chi connectivity index (χ2n) is 5.28. The molecule has 1 aromatic carbocycles. The van der Waals surface area contributed by atoms with E-state index in [0.717, 1.165) is 6.42 Å². The van der Waals surface area contributed by atoms with Gasteiger partial charge in [0.2, 0.25) is 5.91 Å². The molecule has 1 unspecified atom stereocenters. The van der Waals surface area contributed by atoms with Gasteiger partial charge in [-0.25, -0.2) is 0 Å². The van der Waals surface area contributed by atoms with Crippen LogP contribution in [0.5, 0.6) is 0 Å². The molecule has 0 aromatic heterocycles. The lowest BCUT2D eigenvalue weighted by Crippen LogP contribution is -2.48. The third-order valence-electron chi connectivity index (χ3n) is 3.02. The van der Waals surface area contributed by atoms with Gasteiger partial charge < -0.3 is 16.2 Å². The van der Waals surface area contributed by atoms with E-state index in [1.807, 2.05) is 36.6 Å². The van der Waals surface area contributed by atoms with E-state index in [0.29, 0.717) is 12.2 Å². The summed E-state index contributed by atoms with van der Waals surface area (Å²) in [5, 5.41) is 12.7. The van der Waals surface area contributed by atoms with Gasteiger partial charge in [0.1, 0.15) is 0 Å². The molecule has 1 aromatic rings. The molecule has 1 amide bonds. The smallest absolute Gasteiger partial charge is 0.237 e. The van der Waals surface area contributed by atoms with Crippen molar-refractivity contribution in [3.05, 3.63) is 35.9 Å². The quantitative estimate of drug-likeness (QED) is 0.673. The van der Waals surface area contributed by atoms with Crippen molar-refractivity contribution in [2.45, 2.75) is 31.4 Å². The monoisotopic (exact) mass is 296 g/mol. The second-order valence-corrected chi connectivity index (χ2v) is 6.14. The Balaban J connectivity index is 2.32. The predicted molar refractivity (Wildman–Crippen MR) is 84.8 cm³/mol. The fraction of sp³-hybridized carbons (Fsp3) is 0.533. The Morgan fingerprint density at radius 3 is 2.70 bits per heavy atom. The Morgan fingerprint density at radius 2 is 2.10 bits per heavy atom. The molecule has 0 aliphatic heterocycles. The molecule has 4 N–H and O–H groups in total. The number of rotatable bonds is 8. The molecule has 5 heteroatoms. The Hall–Kier alpha value is -1.04. The maximum Gasteiger partial charge on any atom is 0.237 e. The Morgan fingerprint density at radius 1 is 1.45 bits per heavy atom. The summed E-state index contributed by atoms with van der Waals surface area (Å²) in [5.41, 5.74) is 6.15. The molecule has 0 spiro atoms. The minimum Gasteiger partial charge on any atom is -0.387 e. The van der Waals surface area contributed by atoms with Crippen LogP contribution in [0.2, 0.25) is 0 Å². The first-order valence-electron chi connectivity index (χ1n) is 6.73. The molecular formula is C15H24N2O2S. The zero-order valence-electron chi connectivity index (χ0n) is 12.1. The van der Waals surface area contributed by atoms with Crippen molar-refractivity contribution < 1.29 is 9.90 Å². The molecule has 0 aliphatic rings. The van der Waals surface area contributed by atoms with E-state index in [1.54, 1.807) is 18.7 Å². The van der Waals surface area contributed by atoms with Gasteiger partial charge in [-0.15, -0.1) is 0 Å². The van der Waals surface area contributed by atoms with Crippen molar-refractivity contribution in [3.63, 3.8) is 0 Å². The van der Waals surface area contributed by atoms with Crippen molar-refractivity contribution in [2.75, 3.05) is 18.6 Å². The van der Waals surface area contributed by atoms with Gasteiger partial charge in [0, 0.05) is 12.3 Å². The lowest BCUT2D eigenvalue weighted by Gasteiger charge is -2.23. The molecule has 112 valence electrons. The fourth-order valence-electron chi connectivity index (χ4n) is 1.87. The summed E-state index contributed by atoms with van der Waals surface area (Å²) in [4.78, 5) is 11.9. The van der Waals surface area contributed by atoms with Crippen LogP contribution >= 0.6 is 11.8 Å². The SMILES string of the molecule is CSCC(C)(O)CNC(=O)[C@@H](N)CCc1ccccc1. The van der Waals surface area contributed by atoms with Crippen molar-refractivity contribution in [3.8, 4) is 0 Å². The normalized spacial score (nSPS) is 15.4. The maximum absolute atomic E-state index is 11.9. The van der Waals surface area contributed by atoms with Gasteiger partial charge in [0.25, 0.3) is 0 Å². The molecule has 1 rings (SSSR count). The summed E-state index contributed by atoms with van der Waals surface area (Å²) in [6.45, 7) is 1.94. The summed E-state index contributed by atoms with van der Waals surface area (Å²) < 4.78 is 0. The van der Waals surface area contributed by atoms with Crippen LogP contribution < -0.4 is 11.1 Å². The number of aliphatic hydroxyl groups is 1. The van der Waals surface area contributed by atoms with Crippen molar-refractivity contribution >= 4 is 17.7 Å². The van der Waals surface area contributed by atoms with Crippen LogP contribution in [0.25, 0.3) is 0 Å². The number of carbonyl (C=O) groups is 1. The lowest BCUT2D eigenvalue weighted by atomic mass is 10.0. The first kappa shape index (κ1) is 17.0. The van der Waals surface area contributed by atoms with Crippen LogP contribution in [0.15, 0.2) is 30.3 Å². The molecule has 0 aliphatic carbocycles. The van der Waals surface area contributed by atoms with Crippen LogP contribution in [-0.2, 0) is 11.2 Å². The van der Waals surface area contributed by atoms with Gasteiger partial charge in [-0.2, -0.15) is 11.8 Å². The first-order valence-corrected chi connectivity index (χ1v) is 8.12. The van der Waals surface area contributed by atoms with E-state index >= 15 is 0 Å². The van der Waals surface area contributed by atoms with Gasteiger partial charge >= 0.3 is 0 Å². The molecule has 2 atom stereocenters. The summed E-state index contributed by atoms with van der Waals surface area (Å²) in [5.74, 6) is 0.370. The number of benzene rings is 1. The number of amides is 1. The average molecular weight is 296 g/mol. The van der Waals surface area contributed by atoms with Crippen LogP contribution in [0.1, 0.15) is 18.9 Å². The van der Waals surface area contributed by atoms with Crippen LogP contribution in [0, 0.1) is 0 Å². The first-order chi connectivity index (χ1) is 9.44. The number of carbonyl (C=O) groups excluding carboxylic acids is 1. The average Bonchev–Trinajstić information content (AvgIpc) is 2.43. The number of aryl methyl sites for hydroxylation is 1. The summed E-state index contributed by atoms with van der Waals surface area (Å²) >= 11 is 1.54. The number of nitrogens with one attached hydrogen (secondary N) is 1. The second kappa shape index (κ2) is 8.29. The van der Waals surface area contributed by atoms with E-state index in [4.69, 9.17) is 5.73 Å². The highest BCUT2D eigenvalue weighted by molar-refractivity contribution is 7.98. The van der Waals surface area contributed by atoms with Crippen LogP contribution in [-0.4, -0.2) is 41.2 Å². The molecule has 0 fully saturated rings. The van der Waals surface area contributed by atoms with Crippen molar-refractivity contribution in [1.29, 1.82) is 0 Å². The summed E-state index contributed by atoms with van der Waals surface area (Å²) in [6.07, 6.45) is 3.29. The number of hydrogen-bond acceptors (Lipinski definition) is 4. The minimum atomic E-state index is -0.895. The zero-order valence-corrected chi connectivity index (χ0v) is 13.0. The highest BCUT2D eigenvalue weighted by Crippen LogP contribution is 2.09. The van der Waals surface area contributed by atoms with Gasteiger partial charge in [-0.1, -0.05) is 30.3 Å². The number of hydrogen-bond donors (Lipinski definition) is 3. The highest BCUT2D eigenvalue weighted by Gasteiger charge is 2.22. The molecule has 0 radical (unpaired) electrons. The van der Waals surface area contributed by atoms with Gasteiger partial charge in [0.15, 0.2) is 0 Å². The van der Waals surface area contributed by atoms with E-state index in [1.165, 1.54) is 5.56 Å². The molecule has 0 bridgehead atoms. The maximum atomic E-state index is 11.9. The Bertz CT molecular complexity index is 410. The zero-order chi connectivity index (χ0) is 15.0. The summed E-state index contributed by atoms with van der Waals surface area (Å²) in [6, 6.07) is 9.41. The van der Waals surface area contributed by atoms with Gasteiger partial charge in [-0.05, 0) is 31.6 Å². The van der Waals surface area contributed by atoms with E-state index in [-0.39, 0.29) is 12.5 Å². The Labute approximate surface area is 125 Å². The van der Waals surface area contributed by atoms with Gasteiger partial charge in [0.05, 0.1) is 11.6 Å². The minimum absolute atomic E-state index is 0.206. The van der Waals surface area contributed by atoms with E-state index in [9.17, 15) is 9.90 Å². The van der Waals surface area contributed by atoms with E-state index in [2.05, 4.69) is 5.32 Å². The number of thioether (sulfide) groups is 1. The van der Waals surface area contributed by atoms with Crippen LogP contribution in [0.4, 0.5) is 0 Å². The fourth-order valence-corrected chi connectivity index (χ4v) is 2.59. The predicted octanol–water partition coefficient (Wildman–Crippen LogP) is 1.18. The molecule has 0 saturated carbocycles. The standard InChI is InChI=1S/C15H24N2O2S/c1-15(19,11-20-2)10-17-14(18)13(16)9-8-12-6-4-3-5-7-12/h3-7,13,19H,8-11,16H2,1-2H3,(H,17,18)/t13-,15?/m0/s1. The lowest BCUT2D eigenvalue weighted by molar-refractivity contribution is -0.123. The topological polar surface area (TPSA) is 75.3 Å². The Kier molecular flexibility index (Phi) is 7.05. The number of nitrogens with two attached hydrogens (primary N) is 1. The molecular weight excluding hydrogens is 272 g/mol. The highest BCUT2D eigenvalue weighted by atomic mass is 32.2. The largest absolute Gasteiger partial charge is 0.387 e. The van der Waals surface area contributed by atoms with Gasteiger partial charge in [-0.3, -0.25) is 4.79 Å². The molecule has 0 saturated heterocycles. The third kappa shape index (κ3) is 6.41. The molecule has 20 heavy (non-hydrogen) atoms.